The Labute approximate surface area is 163 Å². The molecule has 2 aromatic rings. The van der Waals surface area contributed by atoms with Gasteiger partial charge in [-0.15, -0.1) is 0 Å². The molecule has 4 rings (SSSR count). The molecule has 0 bridgehead atoms. The van der Waals surface area contributed by atoms with Crippen molar-refractivity contribution in [2.45, 2.75) is 12.8 Å². The van der Waals surface area contributed by atoms with Gasteiger partial charge in [-0.2, -0.15) is 0 Å². The first kappa shape index (κ1) is 18.2. The number of hydrogen-bond acceptors (Lipinski definition) is 3. The van der Waals surface area contributed by atoms with Crippen LogP contribution >= 0.6 is 0 Å². The Morgan fingerprint density at radius 1 is 1.04 bits per heavy atom. The summed E-state index contributed by atoms with van der Waals surface area (Å²) < 4.78 is 0. The van der Waals surface area contributed by atoms with E-state index in [1.807, 2.05) is 36.4 Å². The third-order valence-electron chi connectivity index (χ3n) is 5.85. The summed E-state index contributed by atoms with van der Waals surface area (Å²) in [4.78, 5) is 39.2. The molecule has 0 aliphatic carbocycles. The molecule has 2 aliphatic rings. The molecule has 6 heteroatoms. The second-order valence-electron chi connectivity index (χ2n) is 7.68. The predicted octanol–water partition coefficient (Wildman–Crippen LogP) is 3.34. The quantitative estimate of drug-likeness (QED) is 0.813. The highest BCUT2D eigenvalue weighted by molar-refractivity contribution is 5.98. The van der Waals surface area contributed by atoms with Crippen LogP contribution in [0.1, 0.15) is 39.1 Å². The van der Waals surface area contributed by atoms with Gasteiger partial charge in [0.2, 0.25) is 0 Å². The molecule has 1 N–H and O–H groups in total. The summed E-state index contributed by atoms with van der Waals surface area (Å²) in [6, 6.07) is 13.1. The molecule has 0 spiro atoms. The molecule has 1 saturated heterocycles. The van der Waals surface area contributed by atoms with E-state index in [0.29, 0.717) is 30.8 Å². The Hall–Kier alpha value is -3.15. The largest absolute Gasteiger partial charge is 0.465 e. The van der Waals surface area contributed by atoms with E-state index in [-0.39, 0.29) is 23.5 Å². The van der Waals surface area contributed by atoms with Crippen LogP contribution < -0.4 is 0 Å². The Morgan fingerprint density at radius 2 is 1.79 bits per heavy atom. The number of benzene rings is 2. The van der Waals surface area contributed by atoms with E-state index in [2.05, 4.69) is 0 Å². The Bertz CT molecular complexity index is 984. The topological polar surface area (TPSA) is 77.9 Å². The van der Waals surface area contributed by atoms with Crippen LogP contribution in [0.25, 0.3) is 11.1 Å². The summed E-state index contributed by atoms with van der Waals surface area (Å²) in [5, 5.41) is 9.38. The van der Waals surface area contributed by atoms with Crippen molar-refractivity contribution >= 4 is 17.8 Å². The molecule has 0 unspecified atom stereocenters. The molecule has 2 amide bonds. The minimum atomic E-state index is -0.915. The minimum Gasteiger partial charge on any atom is -0.465 e. The maximum atomic E-state index is 13.0. The highest BCUT2D eigenvalue weighted by Crippen LogP contribution is 2.39. The highest BCUT2D eigenvalue weighted by atomic mass is 16.4. The van der Waals surface area contributed by atoms with Crippen molar-refractivity contribution in [1.29, 1.82) is 0 Å². The summed E-state index contributed by atoms with van der Waals surface area (Å²) in [5.41, 5.74) is 3.91. The molecule has 0 radical (unpaired) electrons. The lowest BCUT2D eigenvalue weighted by Crippen LogP contribution is -2.33. The Morgan fingerprint density at radius 3 is 2.50 bits per heavy atom. The van der Waals surface area contributed by atoms with Crippen molar-refractivity contribution in [3.05, 3.63) is 59.2 Å². The van der Waals surface area contributed by atoms with E-state index in [1.54, 1.807) is 18.0 Å². The van der Waals surface area contributed by atoms with Crippen LogP contribution in [-0.2, 0) is 0 Å². The van der Waals surface area contributed by atoms with Gasteiger partial charge in [-0.3, -0.25) is 9.59 Å². The lowest BCUT2D eigenvalue weighted by atomic mass is 9.86. The Balaban J connectivity index is 1.78. The smallest absolute Gasteiger partial charge is 0.407 e. The molecule has 2 aromatic carbocycles. The molecule has 144 valence electrons. The summed E-state index contributed by atoms with van der Waals surface area (Å²) in [6.07, 6.45) is -0.915. The molecule has 28 heavy (non-hydrogen) atoms. The number of ketones is 1. The third kappa shape index (κ3) is 3.05. The van der Waals surface area contributed by atoms with Crippen molar-refractivity contribution in [2.24, 2.45) is 5.92 Å². The normalized spacial score (nSPS) is 21.1. The maximum absolute atomic E-state index is 13.0. The summed E-state index contributed by atoms with van der Waals surface area (Å²) in [6.45, 7) is 2.92. The average Bonchev–Trinajstić information content (AvgIpc) is 3.07. The van der Waals surface area contributed by atoms with Crippen LogP contribution in [-0.4, -0.2) is 59.4 Å². The SMILES string of the molecule is CC(=O)c1cccc(-c2ccc3c(c2)C(=O)N(C)C[C@@H]2CN(C(=O)O)C[C@@H]32)c1. The van der Waals surface area contributed by atoms with Gasteiger partial charge >= 0.3 is 6.09 Å². The highest BCUT2D eigenvalue weighted by Gasteiger charge is 2.41. The third-order valence-corrected chi connectivity index (χ3v) is 5.85. The zero-order chi connectivity index (χ0) is 20.0. The van der Waals surface area contributed by atoms with Gasteiger partial charge in [-0.1, -0.05) is 30.3 Å². The number of Topliss-reactive ketones (excluding diaryl/α,β-unsaturated/α-hetero) is 1. The molecule has 2 atom stereocenters. The van der Waals surface area contributed by atoms with Crippen LogP contribution in [0.15, 0.2) is 42.5 Å². The van der Waals surface area contributed by atoms with Gasteiger partial charge in [0.25, 0.3) is 5.91 Å². The van der Waals surface area contributed by atoms with Gasteiger partial charge in [-0.05, 0) is 35.7 Å². The van der Waals surface area contributed by atoms with Crippen molar-refractivity contribution in [2.75, 3.05) is 26.7 Å². The molecular weight excluding hydrogens is 356 g/mol. The van der Waals surface area contributed by atoms with Crippen LogP contribution in [0.2, 0.25) is 0 Å². The van der Waals surface area contributed by atoms with Gasteiger partial charge < -0.3 is 14.9 Å². The number of nitrogens with zero attached hydrogens (tertiary/aromatic N) is 2. The van der Waals surface area contributed by atoms with Gasteiger partial charge in [0, 0.05) is 49.6 Å². The van der Waals surface area contributed by atoms with Crippen molar-refractivity contribution in [1.82, 2.24) is 9.80 Å². The molecule has 0 aromatic heterocycles. The zero-order valence-corrected chi connectivity index (χ0v) is 15.9. The van der Waals surface area contributed by atoms with E-state index in [0.717, 1.165) is 16.7 Å². The van der Waals surface area contributed by atoms with E-state index in [1.165, 1.54) is 11.8 Å². The molecule has 2 aliphatic heterocycles. The van der Waals surface area contributed by atoms with Crippen LogP contribution in [0, 0.1) is 5.92 Å². The molecule has 1 fully saturated rings. The number of rotatable bonds is 2. The van der Waals surface area contributed by atoms with E-state index in [4.69, 9.17) is 0 Å². The second-order valence-corrected chi connectivity index (χ2v) is 7.68. The number of fused-ring (bicyclic) bond motifs is 3. The number of hydrogen-bond donors (Lipinski definition) is 1. The number of amides is 2. The Kier molecular flexibility index (Phi) is 4.41. The van der Waals surface area contributed by atoms with E-state index < -0.39 is 6.09 Å². The van der Waals surface area contributed by atoms with Gasteiger partial charge in [0.15, 0.2) is 5.78 Å². The van der Waals surface area contributed by atoms with Gasteiger partial charge in [0.1, 0.15) is 0 Å². The lowest BCUT2D eigenvalue weighted by molar-refractivity contribution is 0.0781. The van der Waals surface area contributed by atoms with Crippen molar-refractivity contribution < 1.29 is 19.5 Å². The first-order valence-corrected chi connectivity index (χ1v) is 9.34. The number of likely N-dealkylation sites (tertiary alicyclic amines) is 1. The molecule has 6 nitrogen and oxygen atoms in total. The monoisotopic (exact) mass is 378 g/mol. The minimum absolute atomic E-state index is 0.00465. The fourth-order valence-corrected chi connectivity index (χ4v) is 4.37. The van der Waals surface area contributed by atoms with Gasteiger partial charge in [0.05, 0.1) is 0 Å². The van der Waals surface area contributed by atoms with Gasteiger partial charge in [-0.25, -0.2) is 4.79 Å². The predicted molar refractivity (Wildman–Crippen MR) is 105 cm³/mol. The zero-order valence-electron chi connectivity index (χ0n) is 15.9. The summed E-state index contributed by atoms with van der Waals surface area (Å²) in [7, 11) is 1.76. The summed E-state index contributed by atoms with van der Waals surface area (Å²) in [5.74, 6) is 0.0571. The van der Waals surface area contributed by atoms with E-state index in [9.17, 15) is 19.5 Å². The molecule has 2 heterocycles. The van der Waals surface area contributed by atoms with Crippen LogP contribution in [0.3, 0.4) is 0 Å². The van der Waals surface area contributed by atoms with Crippen LogP contribution in [0.4, 0.5) is 4.79 Å². The van der Waals surface area contributed by atoms with Crippen molar-refractivity contribution in [3.63, 3.8) is 0 Å². The lowest BCUT2D eigenvalue weighted by Gasteiger charge is -2.19. The van der Waals surface area contributed by atoms with Crippen LogP contribution in [0.5, 0.6) is 0 Å². The summed E-state index contributed by atoms with van der Waals surface area (Å²) >= 11 is 0. The second kappa shape index (κ2) is 6.78. The average molecular weight is 378 g/mol. The number of carboxylic acid groups (broad SMARTS) is 1. The van der Waals surface area contributed by atoms with E-state index >= 15 is 0 Å². The number of carbonyl (C=O) groups is 3. The first-order chi connectivity index (χ1) is 13.3. The fraction of sp³-hybridized carbons (Fsp3) is 0.318. The number of carbonyl (C=O) groups excluding carboxylic acids is 2. The van der Waals surface area contributed by atoms with Crippen molar-refractivity contribution in [3.8, 4) is 11.1 Å². The molecular formula is C22H22N2O4. The molecule has 0 saturated carbocycles. The fourth-order valence-electron chi connectivity index (χ4n) is 4.37. The standard InChI is InChI=1S/C22H22N2O4/c1-13(25)14-4-3-5-15(8-14)16-6-7-18-19(9-16)21(26)23(2)10-17-11-24(22(27)28)12-20(17)18/h3-9,17,20H,10-12H2,1-2H3,(H,27,28)/t17-,20-/m1/s1. The first-order valence-electron chi connectivity index (χ1n) is 9.34. The maximum Gasteiger partial charge on any atom is 0.407 e.